The predicted octanol–water partition coefficient (Wildman–Crippen LogP) is -1.64. The Balaban J connectivity index is 1.67. The lowest BCUT2D eigenvalue weighted by Crippen LogP contribution is -2.60. The highest BCUT2D eigenvalue weighted by molar-refractivity contribution is 6.06. The Morgan fingerprint density at radius 1 is 0.882 bits per heavy atom. The molecule has 0 bridgehead atoms. The highest BCUT2D eigenvalue weighted by Gasteiger charge is 2.46. The van der Waals surface area contributed by atoms with Gasteiger partial charge in [-0.2, -0.15) is 0 Å². The third kappa shape index (κ3) is 3.83. The number of carbonyl (C=O) groups is 1. The third-order valence-electron chi connectivity index (χ3n) is 5.66. The van der Waals surface area contributed by atoms with E-state index in [9.17, 15) is 50.8 Å². The molecule has 2 aromatic carbocycles. The number of hydrogen-bond acceptors (Lipinski definition) is 13. The van der Waals surface area contributed by atoms with E-state index in [1.54, 1.807) is 0 Å². The van der Waals surface area contributed by atoms with Gasteiger partial charge in [0.15, 0.2) is 35.2 Å². The van der Waals surface area contributed by atoms with E-state index in [0.717, 1.165) is 18.2 Å². The maximum absolute atomic E-state index is 12.9. The molecular formula is C21H22O13. The Morgan fingerprint density at radius 2 is 1.59 bits per heavy atom. The zero-order chi connectivity index (χ0) is 24.9. The van der Waals surface area contributed by atoms with E-state index in [1.807, 2.05) is 0 Å². The van der Waals surface area contributed by atoms with Crippen molar-refractivity contribution in [1.29, 1.82) is 0 Å². The van der Waals surface area contributed by atoms with Crippen LogP contribution in [-0.4, -0.2) is 95.2 Å². The fourth-order valence-electron chi connectivity index (χ4n) is 3.80. The molecule has 2 aliphatic heterocycles. The molecule has 2 aromatic rings. The molecule has 2 aliphatic rings. The Bertz CT molecular complexity index is 1100. The van der Waals surface area contributed by atoms with Crippen LogP contribution in [0.25, 0.3) is 0 Å². The SMILES string of the molecule is O=C1c2c(cc(O)c(O[C@@H]3O[C@H](CO)[C@@H](O)[C@H](O)[C@H]3O)c2O)O[C@H](c2ccc(O)c(O)c2)[C@H]1O. The third-order valence-corrected chi connectivity index (χ3v) is 5.66. The number of phenolic OH excluding ortho intramolecular Hbond substituents is 4. The molecule has 184 valence electrons. The van der Waals surface area contributed by atoms with E-state index < -0.39 is 89.6 Å². The zero-order valence-electron chi connectivity index (χ0n) is 17.2. The van der Waals surface area contributed by atoms with Gasteiger partial charge in [-0.25, -0.2) is 0 Å². The Labute approximate surface area is 190 Å². The number of hydrogen-bond donors (Lipinski definition) is 9. The van der Waals surface area contributed by atoms with Crippen molar-refractivity contribution in [3.05, 3.63) is 35.4 Å². The molecule has 13 nitrogen and oxygen atoms in total. The monoisotopic (exact) mass is 482 g/mol. The van der Waals surface area contributed by atoms with Crippen LogP contribution < -0.4 is 9.47 Å². The number of fused-ring (bicyclic) bond motifs is 1. The second-order valence-electron chi connectivity index (χ2n) is 7.86. The van der Waals surface area contributed by atoms with E-state index in [-0.39, 0.29) is 11.3 Å². The minimum atomic E-state index is -1.87. The van der Waals surface area contributed by atoms with Gasteiger partial charge in [-0.05, 0) is 17.7 Å². The number of ketones is 1. The van der Waals surface area contributed by atoms with E-state index in [1.165, 1.54) is 6.07 Å². The summed E-state index contributed by atoms with van der Waals surface area (Å²) in [7, 11) is 0. The van der Waals surface area contributed by atoms with Crippen LogP contribution in [0.5, 0.6) is 34.5 Å². The fourth-order valence-corrected chi connectivity index (χ4v) is 3.80. The van der Waals surface area contributed by atoms with E-state index in [4.69, 9.17) is 14.2 Å². The van der Waals surface area contributed by atoms with Crippen molar-refractivity contribution >= 4 is 5.78 Å². The number of ether oxygens (including phenoxy) is 3. The van der Waals surface area contributed by atoms with Crippen LogP contribution >= 0.6 is 0 Å². The first-order chi connectivity index (χ1) is 16.0. The maximum Gasteiger partial charge on any atom is 0.229 e. The summed E-state index contributed by atoms with van der Waals surface area (Å²) in [6.07, 6.45) is -11.7. The van der Waals surface area contributed by atoms with Gasteiger partial charge < -0.3 is 60.2 Å². The van der Waals surface area contributed by atoms with Gasteiger partial charge in [0.05, 0.1) is 6.61 Å². The van der Waals surface area contributed by atoms with Gasteiger partial charge in [0.25, 0.3) is 0 Å². The number of carbonyl (C=O) groups excluding carboxylic acids is 1. The van der Waals surface area contributed by atoms with Crippen molar-refractivity contribution in [2.24, 2.45) is 0 Å². The molecule has 0 saturated carbocycles. The lowest BCUT2D eigenvalue weighted by atomic mass is 9.92. The standard InChI is InChI=1S/C21H22O13/c22-5-11-13(26)16(29)18(31)21(33-11)34-20-9(25)4-10-12(15(20)28)14(27)17(30)19(32-10)6-1-2-7(23)8(24)3-6/h1-4,11,13,16-19,21-26,28-31H,5H2/t11-,13-,16+,17+,18-,19-,21+/m1/s1. The lowest BCUT2D eigenvalue weighted by Gasteiger charge is -2.39. The number of rotatable bonds is 4. The topological polar surface area (TPSA) is 227 Å². The Hall–Kier alpha value is -3.33. The number of benzene rings is 2. The first-order valence-corrected chi connectivity index (χ1v) is 10.0. The second kappa shape index (κ2) is 8.79. The Kier molecular flexibility index (Phi) is 6.16. The maximum atomic E-state index is 12.9. The average Bonchev–Trinajstić information content (AvgIpc) is 2.80. The van der Waals surface area contributed by atoms with Crippen molar-refractivity contribution in [3.8, 4) is 34.5 Å². The van der Waals surface area contributed by atoms with Crippen molar-refractivity contribution in [3.63, 3.8) is 0 Å². The largest absolute Gasteiger partial charge is 0.504 e. The van der Waals surface area contributed by atoms with Gasteiger partial charge in [-0.1, -0.05) is 6.07 Å². The van der Waals surface area contributed by atoms with Crippen molar-refractivity contribution in [2.45, 2.75) is 42.9 Å². The number of Topliss-reactive ketones (excluding diaryl/α,β-unsaturated/α-hetero) is 1. The fraction of sp³-hybridized carbons (Fsp3) is 0.381. The summed E-state index contributed by atoms with van der Waals surface area (Å²) >= 11 is 0. The van der Waals surface area contributed by atoms with Crippen LogP contribution in [0.1, 0.15) is 22.0 Å². The van der Waals surface area contributed by atoms with Crippen LogP contribution in [0.4, 0.5) is 0 Å². The van der Waals surface area contributed by atoms with Crippen molar-refractivity contribution in [1.82, 2.24) is 0 Å². The minimum absolute atomic E-state index is 0.113. The minimum Gasteiger partial charge on any atom is -0.504 e. The molecule has 0 unspecified atom stereocenters. The highest BCUT2D eigenvalue weighted by Crippen LogP contribution is 2.49. The summed E-state index contributed by atoms with van der Waals surface area (Å²) in [5.74, 6) is -4.84. The highest BCUT2D eigenvalue weighted by atomic mass is 16.7. The molecular weight excluding hydrogens is 460 g/mol. The quantitative estimate of drug-likeness (QED) is 0.223. The van der Waals surface area contributed by atoms with Crippen molar-refractivity contribution in [2.75, 3.05) is 6.61 Å². The molecule has 34 heavy (non-hydrogen) atoms. The molecule has 2 heterocycles. The molecule has 13 heteroatoms. The van der Waals surface area contributed by atoms with Crippen LogP contribution in [0.3, 0.4) is 0 Å². The molecule has 1 fully saturated rings. The first kappa shape index (κ1) is 23.8. The molecule has 4 rings (SSSR count). The summed E-state index contributed by atoms with van der Waals surface area (Å²) in [5.41, 5.74) is -0.452. The molecule has 0 aliphatic carbocycles. The molecule has 1 saturated heterocycles. The first-order valence-electron chi connectivity index (χ1n) is 10.0. The van der Waals surface area contributed by atoms with Crippen LogP contribution in [0, 0.1) is 0 Å². The van der Waals surface area contributed by atoms with Gasteiger partial charge in [0, 0.05) is 6.07 Å². The Morgan fingerprint density at radius 3 is 2.24 bits per heavy atom. The van der Waals surface area contributed by atoms with Gasteiger partial charge in [-0.15, -0.1) is 0 Å². The van der Waals surface area contributed by atoms with Crippen molar-refractivity contribution < 1.29 is 65.0 Å². The number of aromatic hydroxyl groups is 4. The summed E-state index contributed by atoms with van der Waals surface area (Å²) in [6.45, 7) is -0.750. The average molecular weight is 482 g/mol. The molecule has 0 aromatic heterocycles. The number of aliphatic hydroxyl groups excluding tert-OH is 5. The molecule has 0 radical (unpaired) electrons. The van der Waals surface area contributed by atoms with Gasteiger partial charge in [0.1, 0.15) is 35.7 Å². The molecule has 0 spiro atoms. The number of aliphatic hydroxyl groups is 5. The predicted molar refractivity (Wildman–Crippen MR) is 108 cm³/mol. The molecule has 9 N–H and O–H groups in total. The molecule has 0 amide bonds. The summed E-state index contributed by atoms with van der Waals surface area (Å²) in [4.78, 5) is 12.9. The van der Waals surface area contributed by atoms with E-state index in [0.29, 0.717) is 0 Å². The van der Waals surface area contributed by atoms with Gasteiger partial charge in [0.2, 0.25) is 17.8 Å². The summed E-state index contributed by atoms with van der Waals surface area (Å²) < 4.78 is 16.0. The van der Waals surface area contributed by atoms with Crippen LogP contribution in [0.15, 0.2) is 24.3 Å². The van der Waals surface area contributed by atoms with E-state index >= 15 is 0 Å². The normalized spacial score (nSPS) is 31.0. The van der Waals surface area contributed by atoms with Gasteiger partial charge >= 0.3 is 0 Å². The van der Waals surface area contributed by atoms with E-state index in [2.05, 4.69) is 0 Å². The lowest BCUT2D eigenvalue weighted by molar-refractivity contribution is -0.277. The summed E-state index contributed by atoms with van der Waals surface area (Å²) in [5, 5.41) is 89.8. The van der Waals surface area contributed by atoms with Crippen LogP contribution in [0.2, 0.25) is 0 Å². The van der Waals surface area contributed by atoms with Crippen LogP contribution in [-0.2, 0) is 4.74 Å². The molecule has 7 atom stereocenters. The van der Waals surface area contributed by atoms with Gasteiger partial charge in [-0.3, -0.25) is 4.79 Å². The zero-order valence-corrected chi connectivity index (χ0v) is 17.2. The smallest absolute Gasteiger partial charge is 0.229 e. The number of phenols is 4. The second-order valence-corrected chi connectivity index (χ2v) is 7.86. The summed E-state index contributed by atoms with van der Waals surface area (Å²) in [6, 6.07) is 4.37.